The SMILES string of the molecule is CC(C)(C)CC(C)(C)NC(=O)COc1ccc(C(N)=O)cc1. The summed E-state index contributed by atoms with van der Waals surface area (Å²) in [5.41, 5.74) is 5.40. The van der Waals surface area contributed by atoms with Gasteiger partial charge in [0.1, 0.15) is 5.75 Å². The summed E-state index contributed by atoms with van der Waals surface area (Å²) in [6.45, 7) is 10.3. The molecule has 0 unspecified atom stereocenters. The fourth-order valence-electron chi connectivity index (χ4n) is 2.65. The minimum Gasteiger partial charge on any atom is -0.484 e. The molecule has 1 rings (SSSR count). The number of primary amides is 1. The first kappa shape index (κ1) is 18.0. The number of carbonyl (C=O) groups is 2. The van der Waals surface area contributed by atoms with Crippen molar-refractivity contribution in [1.29, 1.82) is 0 Å². The summed E-state index contributed by atoms with van der Waals surface area (Å²) in [5.74, 6) is -0.143. The van der Waals surface area contributed by atoms with Crippen LogP contribution in [-0.2, 0) is 4.79 Å². The number of carbonyl (C=O) groups excluding carboxylic acids is 2. The molecule has 22 heavy (non-hydrogen) atoms. The van der Waals surface area contributed by atoms with E-state index in [1.165, 1.54) is 0 Å². The first-order valence-electron chi connectivity index (χ1n) is 7.32. The Morgan fingerprint density at radius 1 is 1.09 bits per heavy atom. The van der Waals surface area contributed by atoms with Gasteiger partial charge in [0.25, 0.3) is 5.91 Å². The first-order valence-corrected chi connectivity index (χ1v) is 7.32. The number of ether oxygens (including phenoxy) is 1. The van der Waals surface area contributed by atoms with Crippen LogP contribution >= 0.6 is 0 Å². The van der Waals surface area contributed by atoms with E-state index >= 15 is 0 Å². The van der Waals surface area contributed by atoms with Gasteiger partial charge >= 0.3 is 0 Å². The molecule has 0 atom stereocenters. The van der Waals surface area contributed by atoms with Crippen LogP contribution in [0, 0.1) is 5.41 Å². The van der Waals surface area contributed by atoms with Gasteiger partial charge in [-0.25, -0.2) is 0 Å². The molecule has 0 bridgehead atoms. The third-order valence-corrected chi connectivity index (χ3v) is 2.96. The van der Waals surface area contributed by atoms with E-state index in [9.17, 15) is 9.59 Å². The molecule has 3 N–H and O–H groups in total. The summed E-state index contributed by atoms with van der Waals surface area (Å²) in [6, 6.07) is 6.37. The predicted molar refractivity (Wildman–Crippen MR) is 86.7 cm³/mol. The van der Waals surface area contributed by atoms with Crippen molar-refractivity contribution in [2.24, 2.45) is 11.1 Å². The fraction of sp³-hybridized carbons (Fsp3) is 0.529. The second-order valence-corrected chi connectivity index (χ2v) is 7.35. The molecular weight excluding hydrogens is 280 g/mol. The minimum absolute atomic E-state index is 0.0660. The molecule has 1 aromatic carbocycles. The quantitative estimate of drug-likeness (QED) is 0.847. The highest BCUT2D eigenvalue weighted by atomic mass is 16.5. The molecule has 0 saturated heterocycles. The van der Waals surface area contributed by atoms with E-state index in [0.29, 0.717) is 11.3 Å². The van der Waals surface area contributed by atoms with Crippen molar-refractivity contribution in [2.75, 3.05) is 6.61 Å². The Morgan fingerprint density at radius 3 is 2.09 bits per heavy atom. The van der Waals surface area contributed by atoms with Crippen molar-refractivity contribution in [3.8, 4) is 5.75 Å². The molecule has 0 aliphatic rings. The molecule has 122 valence electrons. The van der Waals surface area contributed by atoms with Gasteiger partial charge in [0.05, 0.1) is 0 Å². The van der Waals surface area contributed by atoms with Gasteiger partial charge in [0.15, 0.2) is 6.61 Å². The van der Waals surface area contributed by atoms with Gasteiger partial charge in [0.2, 0.25) is 5.91 Å². The van der Waals surface area contributed by atoms with E-state index in [1.807, 2.05) is 13.8 Å². The lowest BCUT2D eigenvalue weighted by Crippen LogP contribution is -2.47. The Labute approximate surface area is 132 Å². The van der Waals surface area contributed by atoms with Gasteiger partial charge in [-0.2, -0.15) is 0 Å². The number of hydrogen-bond acceptors (Lipinski definition) is 3. The van der Waals surface area contributed by atoms with Crippen molar-refractivity contribution >= 4 is 11.8 Å². The van der Waals surface area contributed by atoms with Crippen LogP contribution in [-0.4, -0.2) is 24.0 Å². The van der Waals surface area contributed by atoms with Crippen LogP contribution in [0.5, 0.6) is 5.75 Å². The number of nitrogens with one attached hydrogen (secondary N) is 1. The zero-order valence-electron chi connectivity index (χ0n) is 14.0. The number of benzene rings is 1. The topological polar surface area (TPSA) is 81.4 Å². The van der Waals surface area contributed by atoms with Crippen LogP contribution in [0.3, 0.4) is 0 Å². The standard InChI is InChI=1S/C17H26N2O3/c1-16(2,3)11-17(4,5)19-14(20)10-22-13-8-6-12(7-9-13)15(18)21/h6-9H,10-11H2,1-5H3,(H2,18,21)(H,19,20). The maximum Gasteiger partial charge on any atom is 0.258 e. The van der Waals surface area contributed by atoms with Crippen molar-refractivity contribution in [2.45, 2.75) is 46.6 Å². The number of hydrogen-bond donors (Lipinski definition) is 2. The van der Waals surface area contributed by atoms with E-state index in [1.54, 1.807) is 24.3 Å². The molecule has 0 aliphatic carbocycles. The molecular formula is C17H26N2O3. The summed E-state index contributed by atoms with van der Waals surface area (Å²) in [4.78, 5) is 22.9. The van der Waals surface area contributed by atoms with Crippen molar-refractivity contribution in [1.82, 2.24) is 5.32 Å². The summed E-state index contributed by atoms with van der Waals surface area (Å²) in [6.07, 6.45) is 0.860. The summed E-state index contributed by atoms with van der Waals surface area (Å²) >= 11 is 0. The maximum absolute atomic E-state index is 12.0. The van der Waals surface area contributed by atoms with Gasteiger partial charge < -0.3 is 15.8 Å². The van der Waals surface area contributed by atoms with E-state index < -0.39 is 5.91 Å². The highest BCUT2D eigenvalue weighted by Gasteiger charge is 2.26. The average Bonchev–Trinajstić information content (AvgIpc) is 2.33. The maximum atomic E-state index is 12.0. The number of amides is 2. The summed E-state index contributed by atoms with van der Waals surface area (Å²) in [5, 5.41) is 2.97. The Balaban J connectivity index is 2.50. The highest BCUT2D eigenvalue weighted by molar-refractivity contribution is 5.92. The van der Waals surface area contributed by atoms with Crippen molar-refractivity contribution < 1.29 is 14.3 Å². The van der Waals surface area contributed by atoms with E-state index in [4.69, 9.17) is 10.5 Å². The molecule has 0 heterocycles. The smallest absolute Gasteiger partial charge is 0.258 e. The van der Waals surface area contributed by atoms with Crippen LogP contribution < -0.4 is 15.8 Å². The van der Waals surface area contributed by atoms with Crippen molar-refractivity contribution in [3.05, 3.63) is 29.8 Å². The predicted octanol–water partition coefficient (Wildman–Crippen LogP) is 2.50. The van der Waals surface area contributed by atoms with Crippen LogP contribution in [0.25, 0.3) is 0 Å². The third-order valence-electron chi connectivity index (χ3n) is 2.96. The van der Waals surface area contributed by atoms with Crippen LogP contribution in [0.15, 0.2) is 24.3 Å². The third kappa shape index (κ3) is 6.61. The second-order valence-electron chi connectivity index (χ2n) is 7.35. The Hall–Kier alpha value is -2.04. The molecule has 0 aliphatic heterocycles. The Morgan fingerprint density at radius 2 is 1.64 bits per heavy atom. The van der Waals surface area contributed by atoms with Crippen LogP contribution in [0.1, 0.15) is 51.4 Å². The molecule has 0 radical (unpaired) electrons. The lowest BCUT2D eigenvalue weighted by Gasteiger charge is -2.33. The van der Waals surface area contributed by atoms with Gasteiger partial charge in [-0.3, -0.25) is 9.59 Å². The van der Waals surface area contributed by atoms with Gasteiger partial charge in [-0.05, 0) is 49.9 Å². The zero-order valence-corrected chi connectivity index (χ0v) is 14.0. The largest absolute Gasteiger partial charge is 0.484 e. The van der Waals surface area contributed by atoms with Gasteiger partial charge in [0, 0.05) is 11.1 Å². The zero-order chi connectivity index (χ0) is 17.0. The van der Waals surface area contributed by atoms with Gasteiger partial charge in [-0.15, -0.1) is 0 Å². The van der Waals surface area contributed by atoms with E-state index in [0.717, 1.165) is 6.42 Å². The molecule has 0 spiro atoms. The van der Waals surface area contributed by atoms with E-state index in [2.05, 4.69) is 26.1 Å². The monoisotopic (exact) mass is 306 g/mol. The molecule has 0 aromatic heterocycles. The normalized spacial score (nSPS) is 11.9. The molecule has 1 aromatic rings. The highest BCUT2D eigenvalue weighted by Crippen LogP contribution is 2.26. The Kier molecular flexibility index (Phi) is 5.58. The van der Waals surface area contributed by atoms with Gasteiger partial charge in [-0.1, -0.05) is 20.8 Å². The molecule has 5 heteroatoms. The van der Waals surface area contributed by atoms with Crippen molar-refractivity contribution in [3.63, 3.8) is 0 Å². The molecule has 0 saturated carbocycles. The lowest BCUT2D eigenvalue weighted by atomic mass is 9.82. The summed E-state index contributed by atoms with van der Waals surface area (Å²) < 4.78 is 5.41. The Bertz CT molecular complexity index is 528. The fourth-order valence-corrected chi connectivity index (χ4v) is 2.65. The number of rotatable bonds is 6. The lowest BCUT2D eigenvalue weighted by molar-refractivity contribution is -0.125. The molecule has 0 fully saturated rings. The second kappa shape index (κ2) is 6.81. The first-order chi connectivity index (χ1) is 9.98. The van der Waals surface area contributed by atoms with E-state index in [-0.39, 0.29) is 23.5 Å². The minimum atomic E-state index is -0.492. The summed E-state index contributed by atoms with van der Waals surface area (Å²) in [7, 11) is 0. The average molecular weight is 306 g/mol. The molecule has 5 nitrogen and oxygen atoms in total. The van der Waals surface area contributed by atoms with Crippen LogP contribution in [0.2, 0.25) is 0 Å². The number of nitrogens with two attached hydrogens (primary N) is 1. The molecule has 2 amide bonds. The van der Waals surface area contributed by atoms with Crippen LogP contribution in [0.4, 0.5) is 0 Å².